The van der Waals surface area contributed by atoms with Crippen molar-refractivity contribution in [3.63, 3.8) is 0 Å². The third-order valence-corrected chi connectivity index (χ3v) is 5.87. The van der Waals surface area contributed by atoms with E-state index in [1.807, 2.05) is 26.8 Å². The van der Waals surface area contributed by atoms with E-state index in [-0.39, 0.29) is 24.9 Å². The number of β-amino-alcohol motifs (C(OH)–C–C–N with tert-alkyl or cyclic N) is 1. The maximum absolute atomic E-state index is 13.7. The van der Waals surface area contributed by atoms with Gasteiger partial charge in [-0.15, -0.1) is 5.01 Å². The van der Waals surface area contributed by atoms with Crippen molar-refractivity contribution in [2.24, 2.45) is 5.92 Å². The number of carbonyl (C=O) groups is 1. The summed E-state index contributed by atoms with van der Waals surface area (Å²) in [5.74, 6) is -0.432. The van der Waals surface area contributed by atoms with Gasteiger partial charge in [-0.3, -0.25) is 10.0 Å². The first-order valence-corrected chi connectivity index (χ1v) is 9.66. The molecule has 3 unspecified atom stereocenters. The molecule has 3 aliphatic heterocycles. The van der Waals surface area contributed by atoms with Crippen LogP contribution >= 0.6 is 0 Å². The van der Waals surface area contributed by atoms with Gasteiger partial charge in [0, 0.05) is 31.1 Å². The van der Waals surface area contributed by atoms with Crippen molar-refractivity contribution >= 4 is 22.8 Å². The third-order valence-electron chi connectivity index (χ3n) is 5.87. The minimum absolute atomic E-state index is 0.108. The first-order valence-electron chi connectivity index (χ1n) is 9.66. The Morgan fingerprint density at radius 1 is 1.32 bits per heavy atom. The number of quaternary nitrogens is 1. The fraction of sp³-hybridized carbons (Fsp3) is 0.450. The third kappa shape index (κ3) is 2.11. The lowest BCUT2D eigenvalue weighted by molar-refractivity contribution is -0.162. The lowest BCUT2D eigenvalue weighted by atomic mass is 9.90. The van der Waals surface area contributed by atoms with Crippen LogP contribution < -0.4 is 14.8 Å². The van der Waals surface area contributed by atoms with Crippen LogP contribution in [0.15, 0.2) is 42.6 Å². The zero-order chi connectivity index (χ0) is 20.3. The Morgan fingerprint density at radius 2 is 2.07 bits per heavy atom. The summed E-state index contributed by atoms with van der Waals surface area (Å²) >= 11 is 0. The number of rotatable bonds is 6. The number of hydrogen-bond acceptors (Lipinski definition) is 7. The Hall–Kier alpha value is -2.39. The molecule has 0 radical (unpaired) electrons. The van der Waals surface area contributed by atoms with Gasteiger partial charge in [0.05, 0.1) is 6.61 Å². The number of carbonyl (C=O) groups excluding carboxylic acids is 1. The molecule has 0 amide bonds. The number of aliphatic hydroxyl groups is 1. The zero-order valence-electron chi connectivity index (χ0n) is 16.4. The summed E-state index contributed by atoms with van der Waals surface area (Å²) in [5.41, 5.74) is 0.406. The maximum atomic E-state index is 13.7. The summed E-state index contributed by atoms with van der Waals surface area (Å²) in [6.07, 6.45) is 6.89. The number of Topliss-reactive ketones (excluding diaryl/α,β-unsaturated/α-hetero) is 1. The van der Waals surface area contributed by atoms with E-state index >= 15 is 0 Å². The van der Waals surface area contributed by atoms with E-state index in [0.29, 0.717) is 23.5 Å². The van der Waals surface area contributed by atoms with E-state index < -0.39 is 16.6 Å². The second-order valence-corrected chi connectivity index (χ2v) is 7.73. The van der Waals surface area contributed by atoms with Crippen LogP contribution in [0.5, 0.6) is 0 Å². The summed E-state index contributed by atoms with van der Waals surface area (Å²) in [7, 11) is 0. The van der Waals surface area contributed by atoms with Gasteiger partial charge in [-0.1, -0.05) is 26.8 Å². The van der Waals surface area contributed by atoms with E-state index in [1.54, 1.807) is 46.5 Å². The molecule has 3 atom stereocenters. The zero-order valence-corrected chi connectivity index (χ0v) is 16.4. The highest BCUT2D eigenvalue weighted by molar-refractivity contribution is 5.98. The molecule has 0 fully saturated rings. The highest BCUT2D eigenvalue weighted by Crippen LogP contribution is 2.56. The topological polar surface area (TPSA) is 87.5 Å². The predicted molar refractivity (Wildman–Crippen MR) is 105 cm³/mol. The molecule has 2 bridgehead atoms. The van der Waals surface area contributed by atoms with Crippen LogP contribution in [0.1, 0.15) is 27.2 Å². The van der Waals surface area contributed by atoms with Crippen molar-refractivity contribution in [1.29, 1.82) is 0 Å². The summed E-state index contributed by atoms with van der Waals surface area (Å²) in [5, 5.41) is 35.0. The molecule has 0 spiro atoms. The van der Waals surface area contributed by atoms with Crippen molar-refractivity contribution < 1.29 is 20.3 Å². The smallest absolute Gasteiger partial charge is 0.246 e. The molecule has 0 saturated carbocycles. The van der Waals surface area contributed by atoms with Crippen LogP contribution in [0.3, 0.4) is 0 Å². The monoisotopic (exact) mass is 387 g/mol. The Bertz CT molecular complexity index is 870. The molecule has 3 heterocycles. The number of allylic oxidation sites excluding steroid dienone is 2. The van der Waals surface area contributed by atoms with Gasteiger partial charge >= 0.3 is 0 Å². The van der Waals surface area contributed by atoms with Crippen LogP contribution in [-0.4, -0.2) is 51.2 Å². The first-order chi connectivity index (χ1) is 13.3. The number of nitrogens with zero attached hydrogens (tertiary/aromatic N) is 4. The molecule has 0 saturated heterocycles. The molecule has 1 aromatic rings. The number of benzene rings is 1. The van der Waals surface area contributed by atoms with Crippen LogP contribution in [0.25, 0.3) is 0 Å². The van der Waals surface area contributed by atoms with Crippen molar-refractivity contribution in [1.82, 2.24) is 9.66 Å². The summed E-state index contributed by atoms with van der Waals surface area (Å²) in [6, 6.07) is 5.37. The highest BCUT2D eigenvalue weighted by atomic mass is 16.6. The number of aliphatic hydroxyl groups excluding tert-OH is 1. The summed E-state index contributed by atoms with van der Waals surface area (Å²) < 4.78 is -0.705. The Kier molecular flexibility index (Phi) is 4.27. The van der Waals surface area contributed by atoms with Gasteiger partial charge in [0.1, 0.15) is 11.4 Å². The van der Waals surface area contributed by atoms with E-state index in [0.717, 1.165) is 5.06 Å². The molecular formula is C20H27N4O4+. The molecule has 28 heavy (non-hydrogen) atoms. The van der Waals surface area contributed by atoms with Crippen molar-refractivity contribution in [2.75, 3.05) is 23.2 Å². The molecule has 150 valence electrons. The van der Waals surface area contributed by atoms with Crippen molar-refractivity contribution in [2.45, 2.75) is 39.0 Å². The summed E-state index contributed by atoms with van der Waals surface area (Å²) in [4.78, 5) is 15.4. The van der Waals surface area contributed by atoms with Crippen LogP contribution in [0.4, 0.5) is 17.1 Å². The lowest BCUT2D eigenvalue weighted by Crippen LogP contribution is -2.77. The van der Waals surface area contributed by atoms with Gasteiger partial charge in [-0.05, 0) is 29.0 Å². The molecule has 3 N–H and O–H groups in total. The summed E-state index contributed by atoms with van der Waals surface area (Å²) in [6.45, 7) is 5.61. The standard InChI is InChI=1S/C20H27N4O4/c1-4-18-22(27)16-8-7-15-13-17(16)24(18,28)23(15)20(19(26)14(2)3)9-5-6-10-21(20)11-12-25/h5-10,13-14,18,25,27-28H,4,11-12H2,1-3H3/q+1. The van der Waals surface area contributed by atoms with Gasteiger partial charge in [0.2, 0.25) is 17.5 Å². The van der Waals surface area contributed by atoms with E-state index in [4.69, 9.17) is 0 Å². The largest absolute Gasteiger partial charge is 0.395 e. The number of ketones is 1. The second-order valence-electron chi connectivity index (χ2n) is 7.73. The van der Waals surface area contributed by atoms with Crippen molar-refractivity contribution in [3.8, 4) is 0 Å². The Balaban J connectivity index is 1.97. The molecular weight excluding hydrogens is 360 g/mol. The number of anilines is 2. The second kappa shape index (κ2) is 6.31. The van der Waals surface area contributed by atoms with Gasteiger partial charge in [-0.25, -0.2) is 0 Å². The van der Waals surface area contributed by atoms with Crippen molar-refractivity contribution in [3.05, 3.63) is 42.6 Å². The molecule has 4 rings (SSSR count). The predicted octanol–water partition coefficient (Wildman–Crippen LogP) is 2.36. The molecule has 0 aliphatic carbocycles. The average Bonchev–Trinajstić information content (AvgIpc) is 3.03. The minimum Gasteiger partial charge on any atom is -0.395 e. The molecule has 0 aromatic heterocycles. The normalized spacial score (nSPS) is 30.1. The van der Waals surface area contributed by atoms with Gasteiger partial charge in [0.25, 0.3) is 0 Å². The van der Waals surface area contributed by atoms with E-state index in [1.165, 1.54) is 0 Å². The molecule has 8 nitrogen and oxygen atoms in total. The Labute approximate surface area is 164 Å². The minimum atomic E-state index is -1.34. The van der Waals surface area contributed by atoms with Gasteiger partial charge in [0.15, 0.2) is 5.78 Å². The number of hydrogen-bond donors (Lipinski definition) is 3. The van der Waals surface area contributed by atoms with Crippen LogP contribution in [0, 0.1) is 5.92 Å². The van der Waals surface area contributed by atoms with E-state index in [2.05, 4.69) is 0 Å². The van der Waals surface area contributed by atoms with Gasteiger partial charge in [-0.2, -0.15) is 10.3 Å². The van der Waals surface area contributed by atoms with Crippen LogP contribution in [0.2, 0.25) is 0 Å². The lowest BCUT2D eigenvalue weighted by Gasteiger charge is -2.51. The fourth-order valence-electron chi connectivity index (χ4n) is 4.70. The highest BCUT2D eigenvalue weighted by Gasteiger charge is 2.67. The van der Waals surface area contributed by atoms with Gasteiger partial charge < -0.3 is 10.0 Å². The SMILES string of the molecule is CCC1N(O)c2ccc3cc2[N+]1(O)N3C1(C(=O)C(C)C)C=CC=CN1CCO. The quantitative estimate of drug-likeness (QED) is 0.646. The number of hydroxylamine groups is 2. The Morgan fingerprint density at radius 3 is 2.71 bits per heavy atom. The molecule has 1 aromatic carbocycles. The maximum Gasteiger partial charge on any atom is 0.246 e. The average molecular weight is 387 g/mol. The van der Waals surface area contributed by atoms with Crippen LogP contribution in [-0.2, 0) is 4.79 Å². The molecule has 8 heteroatoms. The van der Waals surface area contributed by atoms with E-state index in [9.17, 15) is 20.3 Å². The first kappa shape index (κ1) is 18.9. The fourth-order valence-corrected chi connectivity index (χ4v) is 4.70. The molecule has 3 aliphatic rings. The number of fused-ring (bicyclic) bond motifs is 1.